The summed E-state index contributed by atoms with van der Waals surface area (Å²) in [5.41, 5.74) is 3.44. The van der Waals surface area contributed by atoms with Gasteiger partial charge in [0.15, 0.2) is 0 Å². The van der Waals surface area contributed by atoms with Crippen molar-refractivity contribution < 1.29 is 9.84 Å². The number of aryl methyl sites for hydroxylation is 1. The maximum Gasteiger partial charge on any atom is 0.138 e. The Morgan fingerprint density at radius 2 is 2.17 bits per heavy atom. The lowest BCUT2D eigenvalue weighted by molar-refractivity contribution is 0.160. The second-order valence-electron chi connectivity index (χ2n) is 6.46. The third-order valence-corrected chi connectivity index (χ3v) is 4.59. The highest BCUT2D eigenvalue weighted by Crippen LogP contribution is 2.24. The Morgan fingerprint density at radius 3 is 2.92 bits per heavy atom. The van der Waals surface area contributed by atoms with Gasteiger partial charge < -0.3 is 15.2 Å². The van der Waals surface area contributed by atoms with Crippen molar-refractivity contribution in [2.75, 3.05) is 13.2 Å². The summed E-state index contributed by atoms with van der Waals surface area (Å²) in [5, 5.41) is 13.1. The van der Waals surface area contributed by atoms with Gasteiger partial charge in [-0.15, -0.1) is 0 Å². The highest BCUT2D eigenvalue weighted by molar-refractivity contribution is 5.64. The van der Waals surface area contributed by atoms with Gasteiger partial charge in [0.05, 0.1) is 12.3 Å². The molecule has 1 aromatic heterocycles. The predicted molar refractivity (Wildman–Crippen MR) is 96.2 cm³/mol. The molecule has 2 unspecified atom stereocenters. The zero-order chi connectivity index (χ0) is 16.8. The van der Waals surface area contributed by atoms with E-state index in [4.69, 9.17) is 4.74 Å². The zero-order valence-electron chi connectivity index (χ0n) is 14.2. The third-order valence-electron chi connectivity index (χ3n) is 4.59. The van der Waals surface area contributed by atoms with E-state index in [-0.39, 0.29) is 6.10 Å². The second-order valence-corrected chi connectivity index (χ2v) is 6.46. The molecule has 0 bridgehead atoms. The number of aromatic nitrogens is 1. The van der Waals surface area contributed by atoms with Gasteiger partial charge in [0.2, 0.25) is 0 Å². The van der Waals surface area contributed by atoms with Crippen LogP contribution in [0.3, 0.4) is 0 Å². The summed E-state index contributed by atoms with van der Waals surface area (Å²) >= 11 is 0. The molecule has 0 radical (unpaired) electrons. The van der Waals surface area contributed by atoms with Crippen LogP contribution in [0.4, 0.5) is 0 Å². The monoisotopic (exact) mass is 326 g/mol. The molecular weight excluding hydrogens is 300 g/mol. The molecule has 128 valence electrons. The van der Waals surface area contributed by atoms with Gasteiger partial charge in [-0.2, -0.15) is 0 Å². The molecule has 24 heavy (non-hydrogen) atoms. The molecule has 1 aliphatic heterocycles. The second kappa shape index (κ2) is 8.27. The molecule has 2 aromatic rings. The molecule has 0 amide bonds. The van der Waals surface area contributed by atoms with E-state index in [1.165, 1.54) is 12.0 Å². The predicted octanol–water partition coefficient (Wildman–Crippen LogP) is 3.19. The molecule has 0 aliphatic carbocycles. The molecule has 1 aliphatic rings. The summed E-state index contributed by atoms with van der Waals surface area (Å²) in [5.74, 6) is 0.813. The fourth-order valence-electron chi connectivity index (χ4n) is 2.79. The van der Waals surface area contributed by atoms with E-state index in [0.717, 1.165) is 42.7 Å². The minimum Gasteiger partial charge on any atom is -0.490 e. The summed E-state index contributed by atoms with van der Waals surface area (Å²) in [6.07, 6.45) is 7.10. The zero-order valence-corrected chi connectivity index (χ0v) is 14.2. The van der Waals surface area contributed by atoms with E-state index in [0.29, 0.717) is 12.6 Å². The lowest BCUT2D eigenvalue weighted by Gasteiger charge is -2.27. The van der Waals surface area contributed by atoms with Crippen LogP contribution in [0.5, 0.6) is 5.75 Å². The number of pyridine rings is 1. The van der Waals surface area contributed by atoms with E-state index < -0.39 is 0 Å². The van der Waals surface area contributed by atoms with Gasteiger partial charge in [0.1, 0.15) is 12.4 Å². The average Bonchev–Trinajstić information content (AvgIpc) is 2.59. The van der Waals surface area contributed by atoms with Crippen LogP contribution in [-0.2, 0) is 6.42 Å². The SMILES string of the molecule is CCC(O)CCc1cccc(-c2cncc(OCC3CCN3)c2)c1. The molecule has 4 heteroatoms. The number of aliphatic hydroxyl groups excluding tert-OH is 1. The van der Waals surface area contributed by atoms with Crippen molar-refractivity contribution in [1.82, 2.24) is 10.3 Å². The fraction of sp³-hybridized carbons (Fsp3) is 0.450. The first-order valence-electron chi connectivity index (χ1n) is 8.83. The maximum atomic E-state index is 9.74. The van der Waals surface area contributed by atoms with Gasteiger partial charge >= 0.3 is 0 Å². The van der Waals surface area contributed by atoms with Gasteiger partial charge in [-0.1, -0.05) is 31.2 Å². The minimum atomic E-state index is -0.216. The molecule has 1 aromatic carbocycles. The van der Waals surface area contributed by atoms with Crippen LogP contribution < -0.4 is 10.1 Å². The summed E-state index contributed by atoms with van der Waals surface area (Å²) < 4.78 is 5.84. The average molecular weight is 326 g/mol. The smallest absolute Gasteiger partial charge is 0.138 e. The Kier molecular flexibility index (Phi) is 5.83. The first-order valence-corrected chi connectivity index (χ1v) is 8.83. The largest absolute Gasteiger partial charge is 0.490 e. The first kappa shape index (κ1) is 16.9. The number of nitrogens with one attached hydrogen (secondary N) is 1. The van der Waals surface area contributed by atoms with Crippen LogP contribution in [0.25, 0.3) is 11.1 Å². The molecule has 3 rings (SSSR count). The lowest BCUT2D eigenvalue weighted by Crippen LogP contribution is -2.46. The third kappa shape index (κ3) is 4.56. The van der Waals surface area contributed by atoms with E-state index in [1.54, 1.807) is 6.20 Å². The van der Waals surface area contributed by atoms with Gasteiger partial charge in [0.25, 0.3) is 0 Å². The number of hydrogen-bond donors (Lipinski definition) is 2. The van der Waals surface area contributed by atoms with Crippen molar-refractivity contribution in [3.05, 3.63) is 48.3 Å². The normalized spacial score (nSPS) is 18.0. The minimum absolute atomic E-state index is 0.216. The van der Waals surface area contributed by atoms with Crippen molar-refractivity contribution >= 4 is 0 Å². The molecule has 1 fully saturated rings. The number of benzene rings is 1. The van der Waals surface area contributed by atoms with E-state index in [2.05, 4.69) is 34.6 Å². The van der Waals surface area contributed by atoms with Crippen molar-refractivity contribution in [2.45, 2.75) is 44.8 Å². The first-order chi connectivity index (χ1) is 11.7. The Morgan fingerprint density at radius 1 is 1.29 bits per heavy atom. The van der Waals surface area contributed by atoms with Crippen LogP contribution in [-0.4, -0.2) is 35.4 Å². The number of nitrogens with zero attached hydrogens (tertiary/aromatic N) is 1. The quantitative estimate of drug-likeness (QED) is 0.782. The highest BCUT2D eigenvalue weighted by atomic mass is 16.5. The van der Waals surface area contributed by atoms with Crippen LogP contribution in [0.1, 0.15) is 31.7 Å². The number of hydrogen-bond acceptors (Lipinski definition) is 4. The lowest BCUT2D eigenvalue weighted by atomic mass is 10.0. The Hall–Kier alpha value is -1.91. The van der Waals surface area contributed by atoms with E-state index in [1.807, 2.05) is 19.2 Å². The van der Waals surface area contributed by atoms with Crippen molar-refractivity contribution in [3.8, 4) is 16.9 Å². The van der Waals surface area contributed by atoms with E-state index in [9.17, 15) is 5.11 Å². The van der Waals surface area contributed by atoms with Crippen LogP contribution >= 0.6 is 0 Å². The molecule has 2 N–H and O–H groups in total. The molecule has 4 nitrogen and oxygen atoms in total. The standard InChI is InChI=1S/C20H26N2O2/c1-2-19(23)7-6-15-4-3-5-16(10-15)17-11-20(13-21-12-17)24-14-18-8-9-22-18/h3-5,10-13,18-19,22-23H,2,6-9,14H2,1H3. The molecule has 1 saturated heterocycles. The summed E-state index contributed by atoms with van der Waals surface area (Å²) in [4.78, 5) is 4.31. The van der Waals surface area contributed by atoms with Crippen LogP contribution in [0.2, 0.25) is 0 Å². The highest BCUT2D eigenvalue weighted by Gasteiger charge is 2.16. The molecule has 0 saturated carbocycles. The maximum absolute atomic E-state index is 9.74. The Bertz CT molecular complexity index is 605. The fourth-order valence-corrected chi connectivity index (χ4v) is 2.79. The van der Waals surface area contributed by atoms with Crippen molar-refractivity contribution in [3.63, 3.8) is 0 Å². The number of ether oxygens (including phenoxy) is 1. The Balaban J connectivity index is 1.66. The number of rotatable bonds is 8. The van der Waals surface area contributed by atoms with Crippen LogP contribution in [0, 0.1) is 0 Å². The molecule has 2 heterocycles. The number of aliphatic hydroxyl groups is 1. The van der Waals surface area contributed by atoms with Gasteiger partial charge in [-0.25, -0.2) is 0 Å². The summed E-state index contributed by atoms with van der Waals surface area (Å²) in [6, 6.07) is 11.0. The van der Waals surface area contributed by atoms with Gasteiger partial charge in [-0.3, -0.25) is 4.98 Å². The van der Waals surface area contributed by atoms with Crippen LogP contribution in [0.15, 0.2) is 42.7 Å². The summed E-state index contributed by atoms with van der Waals surface area (Å²) in [7, 11) is 0. The molecule has 2 atom stereocenters. The molecule has 0 spiro atoms. The van der Waals surface area contributed by atoms with Gasteiger partial charge in [0, 0.05) is 17.8 Å². The van der Waals surface area contributed by atoms with Crippen molar-refractivity contribution in [1.29, 1.82) is 0 Å². The van der Waals surface area contributed by atoms with Crippen molar-refractivity contribution in [2.24, 2.45) is 0 Å². The van der Waals surface area contributed by atoms with Gasteiger partial charge in [-0.05, 0) is 49.4 Å². The summed E-state index contributed by atoms with van der Waals surface area (Å²) in [6.45, 7) is 3.79. The van der Waals surface area contributed by atoms with E-state index >= 15 is 0 Å². The molecular formula is C20H26N2O2. The Labute approximate surface area is 143 Å². The topological polar surface area (TPSA) is 54.4 Å².